The van der Waals surface area contributed by atoms with Gasteiger partial charge in [-0.3, -0.25) is 10.6 Å². The van der Waals surface area contributed by atoms with Crippen molar-refractivity contribution < 1.29 is 24.5 Å². The van der Waals surface area contributed by atoms with Gasteiger partial charge in [0.2, 0.25) is 0 Å². The molecule has 0 atom stereocenters. The number of amides is 2. The standard InChI is InChI=1S/C14H14N4O5/c15-7-1-3-11(9(5-7)17-13(19)20)23-12-4-2-8(16)6-10(12)18-14(21)22/h1-6,17-18H,15-16H2,(H,19,20)(H,21,22). The minimum absolute atomic E-state index is 0.121. The molecule has 8 N–H and O–H groups in total. The van der Waals surface area contributed by atoms with Gasteiger partial charge in [0.1, 0.15) is 0 Å². The third-order valence-corrected chi connectivity index (χ3v) is 2.71. The molecule has 0 unspecified atom stereocenters. The highest BCUT2D eigenvalue weighted by Gasteiger charge is 2.12. The molecule has 0 aliphatic carbocycles. The molecule has 0 fully saturated rings. The Bertz CT molecular complexity index is 699. The maximum Gasteiger partial charge on any atom is 0.409 e. The van der Waals surface area contributed by atoms with Crippen molar-refractivity contribution in [2.75, 3.05) is 22.1 Å². The summed E-state index contributed by atoms with van der Waals surface area (Å²) in [5.41, 5.74) is 12.1. The Kier molecular flexibility index (Phi) is 4.41. The van der Waals surface area contributed by atoms with Gasteiger partial charge in [-0.2, -0.15) is 0 Å². The van der Waals surface area contributed by atoms with E-state index in [0.29, 0.717) is 11.4 Å². The number of hydrogen-bond acceptors (Lipinski definition) is 5. The van der Waals surface area contributed by atoms with Gasteiger partial charge in [-0.05, 0) is 36.4 Å². The van der Waals surface area contributed by atoms with Crippen LogP contribution in [-0.4, -0.2) is 22.4 Å². The number of rotatable bonds is 4. The van der Waals surface area contributed by atoms with E-state index in [-0.39, 0.29) is 22.9 Å². The number of ether oxygens (including phenoxy) is 1. The minimum atomic E-state index is -1.29. The summed E-state index contributed by atoms with van der Waals surface area (Å²) in [5.74, 6) is 0.305. The van der Waals surface area contributed by atoms with Crippen molar-refractivity contribution in [1.82, 2.24) is 0 Å². The van der Waals surface area contributed by atoms with Gasteiger partial charge in [0.05, 0.1) is 11.4 Å². The molecule has 120 valence electrons. The van der Waals surface area contributed by atoms with E-state index in [1.54, 1.807) is 0 Å². The van der Waals surface area contributed by atoms with Crippen LogP contribution in [0.15, 0.2) is 36.4 Å². The summed E-state index contributed by atoms with van der Waals surface area (Å²) in [5, 5.41) is 22.0. The minimum Gasteiger partial charge on any atom is -0.465 e. The molecule has 0 aliphatic rings. The van der Waals surface area contributed by atoms with Crippen molar-refractivity contribution in [2.24, 2.45) is 0 Å². The van der Waals surface area contributed by atoms with E-state index in [2.05, 4.69) is 10.6 Å². The molecule has 2 amide bonds. The lowest BCUT2D eigenvalue weighted by Crippen LogP contribution is -2.10. The number of nitrogens with two attached hydrogens (primary N) is 2. The van der Waals surface area contributed by atoms with Crippen molar-refractivity contribution >= 4 is 34.9 Å². The SMILES string of the molecule is Nc1ccc(Oc2ccc(N)cc2NC(=O)O)c(NC(=O)O)c1. The summed E-state index contributed by atoms with van der Waals surface area (Å²) in [6, 6.07) is 8.72. The van der Waals surface area contributed by atoms with Crippen LogP contribution in [0.2, 0.25) is 0 Å². The topological polar surface area (TPSA) is 160 Å². The van der Waals surface area contributed by atoms with E-state index < -0.39 is 12.2 Å². The molecule has 0 radical (unpaired) electrons. The van der Waals surface area contributed by atoms with Crippen LogP contribution >= 0.6 is 0 Å². The van der Waals surface area contributed by atoms with Crippen LogP contribution in [0.25, 0.3) is 0 Å². The van der Waals surface area contributed by atoms with E-state index >= 15 is 0 Å². The highest BCUT2D eigenvalue weighted by atomic mass is 16.5. The van der Waals surface area contributed by atoms with E-state index in [1.807, 2.05) is 0 Å². The van der Waals surface area contributed by atoms with Gasteiger partial charge in [0, 0.05) is 11.4 Å². The van der Waals surface area contributed by atoms with Crippen LogP contribution < -0.4 is 26.8 Å². The number of nitrogens with one attached hydrogen (secondary N) is 2. The molecular weight excluding hydrogens is 304 g/mol. The summed E-state index contributed by atoms with van der Waals surface area (Å²) < 4.78 is 5.59. The molecule has 0 saturated carbocycles. The van der Waals surface area contributed by atoms with Gasteiger partial charge in [0.25, 0.3) is 0 Å². The third kappa shape index (κ3) is 4.17. The molecule has 2 aromatic rings. The Morgan fingerprint density at radius 1 is 0.826 bits per heavy atom. The van der Waals surface area contributed by atoms with Crippen molar-refractivity contribution in [3.05, 3.63) is 36.4 Å². The molecule has 9 nitrogen and oxygen atoms in total. The van der Waals surface area contributed by atoms with E-state index in [1.165, 1.54) is 36.4 Å². The summed E-state index contributed by atoms with van der Waals surface area (Å²) in [6.45, 7) is 0. The zero-order valence-electron chi connectivity index (χ0n) is 11.7. The van der Waals surface area contributed by atoms with Crippen LogP contribution in [0.4, 0.5) is 32.3 Å². The molecule has 23 heavy (non-hydrogen) atoms. The fourth-order valence-corrected chi connectivity index (χ4v) is 1.82. The fourth-order valence-electron chi connectivity index (χ4n) is 1.82. The fraction of sp³-hybridized carbons (Fsp3) is 0. The first-order chi connectivity index (χ1) is 10.8. The predicted octanol–water partition coefficient (Wildman–Crippen LogP) is 2.82. The summed E-state index contributed by atoms with van der Waals surface area (Å²) in [4.78, 5) is 21.7. The number of carboxylic acid groups (broad SMARTS) is 2. The molecular formula is C14H14N4O5. The number of nitrogen functional groups attached to an aromatic ring is 2. The summed E-state index contributed by atoms with van der Waals surface area (Å²) >= 11 is 0. The second kappa shape index (κ2) is 6.43. The average Bonchev–Trinajstić information content (AvgIpc) is 2.43. The van der Waals surface area contributed by atoms with Gasteiger partial charge in [0.15, 0.2) is 11.5 Å². The van der Waals surface area contributed by atoms with Crippen LogP contribution in [0.1, 0.15) is 0 Å². The van der Waals surface area contributed by atoms with Crippen LogP contribution in [-0.2, 0) is 0 Å². The van der Waals surface area contributed by atoms with Crippen molar-refractivity contribution in [3.63, 3.8) is 0 Å². The number of benzene rings is 2. The second-order valence-electron chi connectivity index (χ2n) is 4.47. The summed E-state index contributed by atoms with van der Waals surface area (Å²) in [6.07, 6.45) is -2.58. The number of anilines is 4. The first-order valence-corrected chi connectivity index (χ1v) is 6.32. The molecule has 0 bridgehead atoms. The Morgan fingerprint density at radius 2 is 1.22 bits per heavy atom. The highest BCUT2D eigenvalue weighted by Crippen LogP contribution is 2.36. The van der Waals surface area contributed by atoms with E-state index in [0.717, 1.165) is 0 Å². The zero-order valence-corrected chi connectivity index (χ0v) is 11.7. The van der Waals surface area contributed by atoms with Gasteiger partial charge >= 0.3 is 12.2 Å². The lowest BCUT2D eigenvalue weighted by atomic mass is 10.2. The Hall–Kier alpha value is -3.62. The quantitative estimate of drug-likeness (QED) is 0.472. The van der Waals surface area contributed by atoms with E-state index in [9.17, 15) is 9.59 Å². The molecule has 0 saturated heterocycles. The van der Waals surface area contributed by atoms with Gasteiger partial charge in [-0.15, -0.1) is 0 Å². The average molecular weight is 318 g/mol. The van der Waals surface area contributed by atoms with Crippen molar-refractivity contribution in [1.29, 1.82) is 0 Å². The Labute approximate surface area is 130 Å². The normalized spacial score (nSPS) is 9.91. The monoisotopic (exact) mass is 318 g/mol. The van der Waals surface area contributed by atoms with Gasteiger partial charge < -0.3 is 26.4 Å². The summed E-state index contributed by atoms with van der Waals surface area (Å²) in [7, 11) is 0. The van der Waals surface area contributed by atoms with Crippen molar-refractivity contribution in [2.45, 2.75) is 0 Å². The van der Waals surface area contributed by atoms with Crippen LogP contribution in [0.3, 0.4) is 0 Å². The Balaban J connectivity index is 2.39. The van der Waals surface area contributed by atoms with Crippen LogP contribution in [0, 0.1) is 0 Å². The largest absolute Gasteiger partial charge is 0.465 e. The molecule has 0 spiro atoms. The smallest absolute Gasteiger partial charge is 0.409 e. The zero-order chi connectivity index (χ0) is 17.0. The van der Waals surface area contributed by atoms with Gasteiger partial charge in [-0.1, -0.05) is 0 Å². The van der Waals surface area contributed by atoms with Crippen LogP contribution in [0.5, 0.6) is 11.5 Å². The third-order valence-electron chi connectivity index (χ3n) is 2.71. The first-order valence-electron chi connectivity index (χ1n) is 6.32. The number of carbonyl (C=O) groups is 2. The molecule has 9 heteroatoms. The number of hydrogen-bond donors (Lipinski definition) is 6. The maximum atomic E-state index is 10.8. The molecule has 2 rings (SSSR count). The highest BCUT2D eigenvalue weighted by molar-refractivity contribution is 5.88. The second-order valence-corrected chi connectivity index (χ2v) is 4.47. The lowest BCUT2D eigenvalue weighted by molar-refractivity contribution is 0.208. The molecule has 2 aromatic carbocycles. The Morgan fingerprint density at radius 3 is 1.57 bits per heavy atom. The maximum absolute atomic E-state index is 10.8. The molecule has 0 heterocycles. The predicted molar refractivity (Wildman–Crippen MR) is 85.1 cm³/mol. The van der Waals surface area contributed by atoms with Gasteiger partial charge in [-0.25, -0.2) is 9.59 Å². The molecule has 0 aromatic heterocycles. The lowest BCUT2D eigenvalue weighted by Gasteiger charge is -2.14. The molecule has 0 aliphatic heterocycles. The van der Waals surface area contributed by atoms with E-state index in [4.69, 9.17) is 26.4 Å². The first kappa shape index (κ1) is 15.8. The van der Waals surface area contributed by atoms with Crippen molar-refractivity contribution in [3.8, 4) is 11.5 Å².